The van der Waals surface area contributed by atoms with Gasteiger partial charge < -0.3 is 10.1 Å². The zero-order valence-corrected chi connectivity index (χ0v) is 21.9. The van der Waals surface area contributed by atoms with Crippen molar-refractivity contribution in [1.82, 2.24) is 5.32 Å². The first kappa shape index (κ1) is 26.5. The Balaban J connectivity index is 1.73. The Morgan fingerprint density at radius 3 is 1.70 bits per heavy atom. The molecule has 0 aliphatic rings. The van der Waals surface area contributed by atoms with Gasteiger partial charge in [-0.25, -0.2) is 4.79 Å². The number of nitrogens with one attached hydrogen (secondary N) is 1. The van der Waals surface area contributed by atoms with E-state index in [4.69, 9.17) is 27.9 Å². The Morgan fingerprint density at radius 1 is 0.784 bits per heavy atom. The highest BCUT2D eigenvalue weighted by Crippen LogP contribution is 2.42. The second-order valence-corrected chi connectivity index (χ2v) is 9.61. The molecule has 4 rings (SSSR count). The van der Waals surface area contributed by atoms with E-state index in [0.717, 1.165) is 16.7 Å². The summed E-state index contributed by atoms with van der Waals surface area (Å²) >= 11 is 12.4. The normalized spacial score (nSPS) is 12.0. The molecule has 6 heteroatoms. The Labute approximate surface area is 227 Å². The molecule has 4 aromatic rings. The number of hydrogen-bond acceptors (Lipinski definition) is 3. The summed E-state index contributed by atoms with van der Waals surface area (Å²) in [6.07, 6.45) is 0.246. The van der Waals surface area contributed by atoms with Crippen LogP contribution in [-0.2, 0) is 26.2 Å². The average molecular weight is 532 g/mol. The van der Waals surface area contributed by atoms with Gasteiger partial charge in [0.05, 0.1) is 12.5 Å². The summed E-state index contributed by atoms with van der Waals surface area (Å²) in [7, 11) is 1.30. The summed E-state index contributed by atoms with van der Waals surface area (Å²) in [5, 5.41) is 3.83. The molecule has 0 fully saturated rings. The van der Waals surface area contributed by atoms with Crippen molar-refractivity contribution in [2.24, 2.45) is 0 Å². The summed E-state index contributed by atoms with van der Waals surface area (Å²) in [5.41, 5.74) is 2.81. The monoisotopic (exact) mass is 531 g/mol. The number of hydrogen-bond donors (Lipinski definition) is 1. The van der Waals surface area contributed by atoms with Gasteiger partial charge in [-0.1, -0.05) is 120 Å². The molecule has 4 nitrogen and oxygen atoms in total. The van der Waals surface area contributed by atoms with E-state index in [2.05, 4.69) is 5.32 Å². The van der Waals surface area contributed by atoms with Crippen molar-refractivity contribution < 1.29 is 14.3 Å². The predicted octanol–water partition coefficient (Wildman–Crippen LogP) is 6.62. The maximum atomic E-state index is 13.8. The van der Waals surface area contributed by atoms with Crippen molar-refractivity contribution in [3.8, 4) is 0 Å². The van der Waals surface area contributed by atoms with E-state index in [-0.39, 0.29) is 18.7 Å². The van der Waals surface area contributed by atoms with Gasteiger partial charge in [-0.15, -0.1) is 0 Å². The molecule has 0 bridgehead atoms. The molecule has 1 N–H and O–H groups in total. The van der Waals surface area contributed by atoms with Crippen LogP contribution in [-0.4, -0.2) is 25.0 Å². The molecule has 0 unspecified atom stereocenters. The molecular weight excluding hydrogens is 505 g/mol. The third kappa shape index (κ3) is 6.04. The van der Waals surface area contributed by atoms with Gasteiger partial charge in [0.25, 0.3) is 0 Å². The van der Waals surface area contributed by atoms with Gasteiger partial charge >= 0.3 is 5.97 Å². The molecule has 0 saturated heterocycles. The molecule has 4 aromatic carbocycles. The Bertz CT molecular complexity index is 1250. The zero-order chi connectivity index (χ0) is 26.3. The number of amides is 1. The van der Waals surface area contributed by atoms with Crippen molar-refractivity contribution in [3.05, 3.63) is 141 Å². The summed E-state index contributed by atoms with van der Waals surface area (Å²) in [6, 6.07) is 33.9. The van der Waals surface area contributed by atoms with Gasteiger partial charge in [0.2, 0.25) is 5.91 Å². The first-order chi connectivity index (χ1) is 17.9. The predicted molar refractivity (Wildman–Crippen MR) is 148 cm³/mol. The lowest BCUT2D eigenvalue weighted by molar-refractivity contribution is -0.145. The minimum Gasteiger partial charge on any atom is -0.467 e. The van der Waals surface area contributed by atoms with Crippen LogP contribution in [0.2, 0.25) is 10.0 Å². The Morgan fingerprint density at radius 2 is 1.27 bits per heavy atom. The second-order valence-electron chi connectivity index (χ2n) is 8.76. The number of carbonyl (C=O) groups excluding carboxylic acids is 2. The number of rotatable bonds is 9. The molecule has 1 atom stereocenters. The summed E-state index contributed by atoms with van der Waals surface area (Å²) in [4.78, 5) is 26.5. The van der Waals surface area contributed by atoms with E-state index in [9.17, 15) is 9.59 Å². The molecule has 0 aromatic heterocycles. The van der Waals surface area contributed by atoms with Crippen LogP contribution in [0, 0.1) is 0 Å². The Kier molecular flexibility index (Phi) is 8.65. The first-order valence-electron chi connectivity index (χ1n) is 11.9. The van der Waals surface area contributed by atoms with Gasteiger partial charge in [0.1, 0.15) is 6.04 Å². The van der Waals surface area contributed by atoms with Gasteiger partial charge in [-0.2, -0.15) is 0 Å². The fourth-order valence-corrected chi connectivity index (χ4v) is 5.19. The maximum Gasteiger partial charge on any atom is 0.328 e. The Hall–Kier alpha value is -3.60. The highest BCUT2D eigenvalue weighted by Gasteiger charge is 2.39. The van der Waals surface area contributed by atoms with Gasteiger partial charge in [-0.3, -0.25) is 4.79 Å². The molecular formula is C31H27Cl2NO3. The van der Waals surface area contributed by atoms with Crippen LogP contribution in [0.1, 0.15) is 28.7 Å². The number of benzene rings is 4. The maximum absolute atomic E-state index is 13.8. The first-order valence-corrected chi connectivity index (χ1v) is 12.7. The standard InChI is InChI=1S/C31H27Cl2NO3/c1-37-30(36)28(19-22-17-18-26(32)20-27(22)33)34-29(35)21-31(23-11-5-2-6-12-23,24-13-7-3-8-14-24)25-15-9-4-10-16-25/h2-18,20,28H,19,21H2,1H3,(H,34,35)/t28-/m0/s1. The van der Waals surface area contributed by atoms with E-state index in [0.29, 0.717) is 15.6 Å². The minimum absolute atomic E-state index is 0.0763. The van der Waals surface area contributed by atoms with Crippen LogP contribution < -0.4 is 5.32 Å². The topological polar surface area (TPSA) is 55.4 Å². The zero-order valence-electron chi connectivity index (χ0n) is 20.4. The van der Waals surface area contributed by atoms with Crippen LogP contribution >= 0.6 is 23.2 Å². The molecule has 0 aliphatic heterocycles. The van der Waals surface area contributed by atoms with E-state index < -0.39 is 17.4 Å². The molecule has 0 heterocycles. The fraction of sp³-hybridized carbons (Fsp3) is 0.161. The SMILES string of the molecule is COC(=O)[C@H](Cc1ccc(Cl)cc1Cl)NC(=O)CC(c1ccccc1)(c1ccccc1)c1ccccc1. The van der Waals surface area contributed by atoms with Crippen LogP contribution in [0.4, 0.5) is 0 Å². The van der Waals surface area contributed by atoms with E-state index in [1.165, 1.54) is 7.11 Å². The number of carbonyl (C=O) groups is 2. The van der Waals surface area contributed by atoms with Crippen molar-refractivity contribution in [3.63, 3.8) is 0 Å². The van der Waals surface area contributed by atoms with Crippen molar-refractivity contribution in [2.75, 3.05) is 7.11 Å². The van der Waals surface area contributed by atoms with Crippen LogP contribution in [0.15, 0.2) is 109 Å². The molecule has 0 saturated carbocycles. The molecule has 0 aliphatic carbocycles. The van der Waals surface area contributed by atoms with Crippen LogP contribution in [0.25, 0.3) is 0 Å². The third-order valence-electron chi connectivity index (χ3n) is 6.49. The van der Waals surface area contributed by atoms with E-state index >= 15 is 0 Å². The van der Waals surface area contributed by atoms with Crippen LogP contribution in [0.5, 0.6) is 0 Å². The van der Waals surface area contributed by atoms with Crippen molar-refractivity contribution in [2.45, 2.75) is 24.3 Å². The lowest BCUT2D eigenvalue weighted by atomic mass is 9.67. The van der Waals surface area contributed by atoms with E-state index in [1.807, 2.05) is 91.0 Å². The number of esters is 1. The smallest absolute Gasteiger partial charge is 0.328 e. The number of halogens is 2. The highest BCUT2D eigenvalue weighted by molar-refractivity contribution is 6.35. The number of ether oxygens (including phenoxy) is 1. The third-order valence-corrected chi connectivity index (χ3v) is 7.07. The van der Waals surface area contributed by atoms with E-state index in [1.54, 1.807) is 18.2 Å². The number of methoxy groups -OCH3 is 1. The average Bonchev–Trinajstić information content (AvgIpc) is 2.93. The summed E-state index contributed by atoms with van der Waals surface area (Å²) in [6.45, 7) is 0. The lowest BCUT2D eigenvalue weighted by Gasteiger charge is -2.36. The fourth-order valence-electron chi connectivity index (χ4n) is 4.70. The highest BCUT2D eigenvalue weighted by atomic mass is 35.5. The molecule has 1 amide bonds. The second kappa shape index (κ2) is 12.1. The summed E-state index contributed by atoms with van der Waals surface area (Å²) < 4.78 is 5.01. The molecule has 188 valence electrons. The molecule has 0 spiro atoms. The van der Waals surface area contributed by atoms with Gasteiger partial charge in [0, 0.05) is 22.9 Å². The lowest BCUT2D eigenvalue weighted by Crippen LogP contribution is -2.46. The largest absolute Gasteiger partial charge is 0.467 e. The quantitative estimate of drug-likeness (QED) is 0.195. The van der Waals surface area contributed by atoms with Crippen molar-refractivity contribution in [1.29, 1.82) is 0 Å². The van der Waals surface area contributed by atoms with Crippen LogP contribution in [0.3, 0.4) is 0 Å². The van der Waals surface area contributed by atoms with Crippen molar-refractivity contribution >= 4 is 35.1 Å². The van der Waals surface area contributed by atoms with Gasteiger partial charge in [0.15, 0.2) is 0 Å². The molecule has 37 heavy (non-hydrogen) atoms. The summed E-state index contributed by atoms with van der Waals surface area (Å²) in [5.74, 6) is -0.846. The minimum atomic E-state index is -0.920. The molecule has 0 radical (unpaired) electrons. The van der Waals surface area contributed by atoms with Gasteiger partial charge in [-0.05, 0) is 34.4 Å².